The van der Waals surface area contributed by atoms with Gasteiger partial charge < -0.3 is 4.74 Å². The number of hydrogen-bond donors (Lipinski definition) is 0. The normalized spacial score (nSPS) is 18.5. The van der Waals surface area contributed by atoms with Crippen LogP contribution in [-0.4, -0.2) is 37.3 Å². The molecule has 0 radical (unpaired) electrons. The molecule has 1 aliphatic heterocycles. The second kappa shape index (κ2) is 6.70. The summed E-state index contributed by atoms with van der Waals surface area (Å²) >= 11 is 0. The molecule has 0 N–H and O–H groups in total. The van der Waals surface area contributed by atoms with E-state index in [1.807, 2.05) is 6.07 Å². The first-order valence-electron chi connectivity index (χ1n) is 7.64. The highest BCUT2D eigenvalue weighted by atomic mass is 32.2. The van der Waals surface area contributed by atoms with Gasteiger partial charge in [0.25, 0.3) is 0 Å². The maximum absolute atomic E-state index is 13.0. The molecule has 1 aromatic carbocycles. The van der Waals surface area contributed by atoms with Crippen molar-refractivity contribution in [2.75, 3.05) is 13.7 Å². The molecule has 1 atom stereocenters. The summed E-state index contributed by atoms with van der Waals surface area (Å²) < 4.78 is 32.2. The number of ether oxygens (including phenoxy) is 1. The summed E-state index contributed by atoms with van der Waals surface area (Å²) in [5, 5.41) is 0. The second-order valence-electron chi connectivity index (χ2n) is 5.58. The molecular weight excluding hydrogens is 328 g/mol. The van der Waals surface area contributed by atoms with Gasteiger partial charge in [0.1, 0.15) is 0 Å². The van der Waals surface area contributed by atoms with E-state index in [-0.39, 0.29) is 16.5 Å². The molecule has 0 unspecified atom stereocenters. The molecule has 1 aromatic heterocycles. The lowest BCUT2D eigenvalue weighted by Crippen LogP contribution is -2.30. The zero-order valence-electron chi connectivity index (χ0n) is 13.3. The Bertz CT molecular complexity index is 837. The van der Waals surface area contributed by atoms with Crippen LogP contribution >= 0.6 is 0 Å². The van der Waals surface area contributed by atoms with Crippen LogP contribution < -0.4 is 0 Å². The molecule has 24 heavy (non-hydrogen) atoms. The van der Waals surface area contributed by atoms with E-state index >= 15 is 0 Å². The Balaban J connectivity index is 1.97. The summed E-state index contributed by atoms with van der Waals surface area (Å²) in [6.07, 6.45) is 4.90. The minimum Gasteiger partial charge on any atom is -0.465 e. The number of pyridine rings is 1. The molecular formula is C17H18N2O4S. The van der Waals surface area contributed by atoms with Gasteiger partial charge in [-0.3, -0.25) is 4.98 Å². The second-order valence-corrected chi connectivity index (χ2v) is 7.47. The molecule has 1 aliphatic rings. The fraction of sp³-hybridized carbons (Fsp3) is 0.294. The number of esters is 1. The van der Waals surface area contributed by atoms with Gasteiger partial charge in [-0.25, -0.2) is 13.2 Å². The van der Waals surface area contributed by atoms with Crippen molar-refractivity contribution in [3.63, 3.8) is 0 Å². The summed E-state index contributed by atoms with van der Waals surface area (Å²) in [6.45, 7) is 0.449. The van der Waals surface area contributed by atoms with Gasteiger partial charge in [0, 0.05) is 18.9 Å². The highest BCUT2D eigenvalue weighted by Crippen LogP contribution is 2.36. The molecule has 0 aliphatic carbocycles. The number of carbonyl (C=O) groups excluding carboxylic acids is 1. The van der Waals surface area contributed by atoms with Crippen molar-refractivity contribution < 1.29 is 17.9 Å². The lowest BCUT2D eigenvalue weighted by Gasteiger charge is -2.24. The zero-order valence-corrected chi connectivity index (χ0v) is 14.1. The molecule has 1 saturated heterocycles. The summed E-state index contributed by atoms with van der Waals surface area (Å²) in [5.41, 5.74) is 1.10. The van der Waals surface area contributed by atoms with Gasteiger partial charge in [0.15, 0.2) is 0 Å². The minimum atomic E-state index is -3.70. The van der Waals surface area contributed by atoms with E-state index in [1.54, 1.807) is 24.5 Å². The van der Waals surface area contributed by atoms with Crippen LogP contribution in [0.2, 0.25) is 0 Å². The van der Waals surface area contributed by atoms with Crippen LogP contribution in [0.3, 0.4) is 0 Å². The Labute approximate surface area is 141 Å². The largest absolute Gasteiger partial charge is 0.465 e. The SMILES string of the molecule is COC(=O)c1cccc(S(=O)(=O)N2CCC[C@@H]2c2cccnc2)c1. The minimum absolute atomic E-state index is 0.0983. The van der Waals surface area contributed by atoms with Crippen molar-refractivity contribution in [3.8, 4) is 0 Å². The predicted molar refractivity (Wildman–Crippen MR) is 87.9 cm³/mol. The average Bonchev–Trinajstić information content (AvgIpc) is 3.12. The molecule has 0 saturated carbocycles. The number of nitrogens with zero attached hydrogens (tertiary/aromatic N) is 2. The van der Waals surface area contributed by atoms with Gasteiger partial charge in [0.2, 0.25) is 10.0 Å². The fourth-order valence-electron chi connectivity index (χ4n) is 2.97. The molecule has 0 bridgehead atoms. The van der Waals surface area contributed by atoms with Gasteiger partial charge in [0.05, 0.1) is 23.6 Å². The number of methoxy groups -OCH3 is 1. The number of benzene rings is 1. The monoisotopic (exact) mass is 346 g/mol. The van der Waals surface area contributed by atoms with Gasteiger partial charge in [-0.1, -0.05) is 12.1 Å². The molecule has 126 valence electrons. The third-order valence-electron chi connectivity index (χ3n) is 4.13. The molecule has 0 spiro atoms. The van der Waals surface area contributed by atoms with Crippen LogP contribution in [0.25, 0.3) is 0 Å². The van der Waals surface area contributed by atoms with Gasteiger partial charge in [-0.15, -0.1) is 0 Å². The van der Waals surface area contributed by atoms with Gasteiger partial charge in [-0.05, 0) is 42.7 Å². The zero-order chi connectivity index (χ0) is 17.2. The molecule has 6 nitrogen and oxygen atoms in total. The number of carbonyl (C=O) groups is 1. The Morgan fingerprint density at radius 3 is 2.83 bits per heavy atom. The van der Waals surface area contributed by atoms with Gasteiger partial charge >= 0.3 is 5.97 Å². The Kier molecular flexibility index (Phi) is 4.64. The van der Waals surface area contributed by atoms with E-state index in [9.17, 15) is 13.2 Å². The lowest BCUT2D eigenvalue weighted by atomic mass is 10.1. The standard InChI is InChI=1S/C17H18N2O4S/c1-23-17(20)13-5-2-7-15(11-13)24(21,22)19-10-4-8-16(19)14-6-3-9-18-12-14/h2-3,5-7,9,11-12,16H,4,8,10H2,1H3/t16-/m1/s1. The quantitative estimate of drug-likeness (QED) is 0.795. The predicted octanol–water partition coefficient (Wildman–Crippen LogP) is 2.39. The maximum Gasteiger partial charge on any atom is 0.337 e. The van der Waals surface area contributed by atoms with Gasteiger partial charge in [-0.2, -0.15) is 4.31 Å². The summed E-state index contributed by atoms with van der Waals surface area (Å²) in [4.78, 5) is 15.8. The van der Waals surface area contributed by atoms with Crippen LogP contribution in [0.1, 0.15) is 34.8 Å². The Morgan fingerprint density at radius 2 is 2.12 bits per heavy atom. The first-order chi connectivity index (χ1) is 11.5. The van der Waals surface area contributed by atoms with E-state index in [0.717, 1.165) is 18.4 Å². The first kappa shape index (κ1) is 16.6. The molecule has 2 aromatic rings. The Hall–Kier alpha value is -2.25. The molecule has 7 heteroatoms. The Morgan fingerprint density at radius 1 is 1.29 bits per heavy atom. The first-order valence-corrected chi connectivity index (χ1v) is 9.08. The van der Waals surface area contributed by atoms with E-state index in [1.165, 1.54) is 29.6 Å². The molecule has 3 rings (SSSR count). The molecule has 2 heterocycles. The number of aromatic nitrogens is 1. The average molecular weight is 346 g/mol. The van der Waals surface area contributed by atoms with Crippen molar-refractivity contribution in [2.24, 2.45) is 0 Å². The number of sulfonamides is 1. The van der Waals surface area contributed by atoms with E-state index in [2.05, 4.69) is 9.72 Å². The summed E-state index contributed by atoms with van der Waals surface area (Å²) in [7, 11) is -2.44. The van der Waals surface area contributed by atoms with E-state index in [4.69, 9.17) is 0 Å². The van der Waals surface area contributed by atoms with Crippen molar-refractivity contribution in [3.05, 3.63) is 59.9 Å². The number of rotatable bonds is 4. The third kappa shape index (κ3) is 3.05. The van der Waals surface area contributed by atoms with Crippen LogP contribution in [0.15, 0.2) is 53.7 Å². The molecule has 1 fully saturated rings. The third-order valence-corrected chi connectivity index (χ3v) is 6.04. The van der Waals surface area contributed by atoms with Crippen molar-refractivity contribution >= 4 is 16.0 Å². The van der Waals surface area contributed by atoms with Crippen molar-refractivity contribution in [1.29, 1.82) is 0 Å². The summed E-state index contributed by atoms with van der Waals surface area (Å²) in [5.74, 6) is -0.558. The lowest BCUT2D eigenvalue weighted by molar-refractivity contribution is 0.0600. The van der Waals surface area contributed by atoms with Crippen LogP contribution in [0, 0.1) is 0 Å². The van der Waals surface area contributed by atoms with E-state index < -0.39 is 16.0 Å². The topological polar surface area (TPSA) is 76.6 Å². The molecule has 0 amide bonds. The van der Waals surface area contributed by atoms with Crippen LogP contribution in [-0.2, 0) is 14.8 Å². The smallest absolute Gasteiger partial charge is 0.337 e. The van der Waals surface area contributed by atoms with Crippen molar-refractivity contribution in [1.82, 2.24) is 9.29 Å². The highest BCUT2D eigenvalue weighted by Gasteiger charge is 2.36. The van der Waals surface area contributed by atoms with Crippen LogP contribution in [0.5, 0.6) is 0 Å². The van der Waals surface area contributed by atoms with Crippen molar-refractivity contribution in [2.45, 2.75) is 23.8 Å². The summed E-state index contributed by atoms with van der Waals surface area (Å²) in [6, 6.07) is 9.40. The highest BCUT2D eigenvalue weighted by molar-refractivity contribution is 7.89. The van der Waals surface area contributed by atoms with E-state index in [0.29, 0.717) is 6.54 Å². The maximum atomic E-state index is 13.0. The number of hydrogen-bond acceptors (Lipinski definition) is 5. The van der Waals surface area contributed by atoms with Crippen LogP contribution in [0.4, 0.5) is 0 Å². The fourth-order valence-corrected chi connectivity index (χ4v) is 4.70.